The van der Waals surface area contributed by atoms with Crippen LogP contribution in [0.15, 0.2) is 30.3 Å². The lowest BCUT2D eigenvalue weighted by Crippen LogP contribution is -2.27. The molecule has 0 radical (unpaired) electrons. The Hall–Kier alpha value is -2.14. The van der Waals surface area contributed by atoms with Crippen LogP contribution in [-0.4, -0.2) is 28.5 Å². The Balaban J connectivity index is 1.59. The molecule has 0 atom stereocenters. The lowest BCUT2D eigenvalue weighted by atomic mass is 10.1. The van der Waals surface area contributed by atoms with Crippen LogP contribution in [0.2, 0.25) is 5.02 Å². The van der Waals surface area contributed by atoms with Crippen LogP contribution in [0, 0.1) is 6.92 Å². The quantitative estimate of drug-likeness (QED) is 0.854. The van der Waals surface area contributed by atoms with Gasteiger partial charge in [0.2, 0.25) is 5.95 Å². The predicted molar refractivity (Wildman–Crippen MR) is 90.9 cm³/mol. The third-order valence-corrected chi connectivity index (χ3v) is 3.86. The molecule has 0 spiro atoms. The minimum absolute atomic E-state index is 0.126. The van der Waals surface area contributed by atoms with Crippen molar-refractivity contribution in [2.24, 2.45) is 0 Å². The summed E-state index contributed by atoms with van der Waals surface area (Å²) in [7, 11) is 0. The summed E-state index contributed by atoms with van der Waals surface area (Å²) < 4.78 is 0. The van der Waals surface area contributed by atoms with Crippen molar-refractivity contribution in [2.75, 3.05) is 11.9 Å². The van der Waals surface area contributed by atoms with Crippen LogP contribution in [0.1, 0.15) is 34.6 Å². The molecule has 1 amide bonds. The summed E-state index contributed by atoms with van der Waals surface area (Å²) in [5, 5.41) is 6.85. The van der Waals surface area contributed by atoms with Crippen molar-refractivity contribution in [3.05, 3.63) is 52.3 Å². The minimum atomic E-state index is -0.126. The molecule has 0 bridgehead atoms. The third kappa shape index (κ3) is 4.66. The molecule has 120 valence electrons. The lowest BCUT2D eigenvalue weighted by Gasteiger charge is -2.08. The van der Waals surface area contributed by atoms with Crippen molar-refractivity contribution in [1.82, 2.24) is 15.3 Å². The van der Waals surface area contributed by atoms with Gasteiger partial charge in [-0.1, -0.05) is 23.7 Å². The lowest BCUT2D eigenvalue weighted by molar-refractivity contribution is 0.0946. The molecular weight excluding hydrogens is 312 g/mol. The van der Waals surface area contributed by atoms with Gasteiger partial charge in [-0.3, -0.25) is 4.79 Å². The van der Waals surface area contributed by atoms with Crippen molar-refractivity contribution in [3.8, 4) is 0 Å². The maximum Gasteiger partial charge on any atom is 0.270 e. The van der Waals surface area contributed by atoms with Crippen LogP contribution in [0.4, 0.5) is 5.95 Å². The largest absolute Gasteiger partial charge is 0.354 e. The molecule has 3 rings (SSSR count). The molecule has 1 aliphatic carbocycles. The zero-order valence-corrected chi connectivity index (χ0v) is 13.7. The number of amides is 1. The van der Waals surface area contributed by atoms with Gasteiger partial charge in [-0.15, -0.1) is 0 Å². The first kappa shape index (κ1) is 15.7. The summed E-state index contributed by atoms with van der Waals surface area (Å²) in [6.45, 7) is 2.55. The Morgan fingerprint density at radius 2 is 2.00 bits per heavy atom. The van der Waals surface area contributed by atoms with E-state index < -0.39 is 0 Å². The van der Waals surface area contributed by atoms with E-state index in [0.29, 0.717) is 24.2 Å². The first-order valence-electron chi connectivity index (χ1n) is 7.75. The first-order chi connectivity index (χ1) is 11.1. The predicted octanol–water partition coefficient (Wildman–Crippen LogP) is 2.99. The molecule has 0 unspecified atom stereocenters. The SMILES string of the molecule is Cc1cc(C(=O)NC2CC2)nc(NCCc2ccc(Cl)cc2)n1. The summed E-state index contributed by atoms with van der Waals surface area (Å²) in [4.78, 5) is 20.7. The molecule has 1 aromatic heterocycles. The van der Waals surface area contributed by atoms with Gasteiger partial charge in [0, 0.05) is 23.3 Å². The van der Waals surface area contributed by atoms with Crippen molar-refractivity contribution < 1.29 is 4.79 Å². The van der Waals surface area contributed by atoms with E-state index in [1.54, 1.807) is 6.07 Å². The summed E-state index contributed by atoms with van der Waals surface area (Å²) in [5.74, 6) is 0.360. The number of hydrogen-bond donors (Lipinski definition) is 2. The normalized spacial score (nSPS) is 13.7. The number of hydrogen-bond acceptors (Lipinski definition) is 4. The number of rotatable bonds is 6. The molecular formula is C17H19ClN4O. The van der Waals surface area contributed by atoms with Crippen molar-refractivity contribution >= 4 is 23.5 Å². The van der Waals surface area contributed by atoms with Gasteiger partial charge in [-0.2, -0.15) is 0 Å². The minimum Gasteiger partial charge on any atom is -0.354 e. The second-order valence-electron chi connectivity index (χ2n) is 5.77. The number of anilines is 1. The number of nitrogens with one attached hydrogen (secondary N) is 2. The van der Waals surface area contributed by atoms with Crippen LogP contribution in [0.5, 0.6) is 0 Å². The van der Waals surface area contributed by atoms with Crippen LogP contribution in [-0.2, 0) is 6.42 Å². The van der Waals surface area contributed by atoms with Gasteiger partial charge in [-0.25, -0.2) is 9.97 Å². The van der Waals surface area contributed by atoms with Gasteiger partial charge >= 0.3 is 0 Å². The molecule has 2 aromatic rings. The van der Waals surface area contributed by atoms with Gasteiger partial charge in [0.15, 0.2) is 0 Å². The standard InChI is InChI=1S/C17H19ClN4O/c1-11-10-15(16(23)21-14-6-7-14)22-17(20-11)19-9-8-12-2-4-13(18)5-3-12/h2-5,10,14H,6-9H2,1H3,(H,21,23)(H,19,20,22). The Morgan fingerprint density at radius 3 is 2.70 bits per heavy atom. The van der Waals surface area contributed by atoms with E-state index in [1.807, 2.05) is 31.2 Å². The van der Waals surface area contributed by atoms with Crippen molar-refractivity contribution in [2.45, 2.75) is 32.2 Å². The summed E-state index contributed by atoms with van der Waals surface area (Å²) >= 11 is 5.87. The van der Waals surface area contributed by atoms with E-state index in [4.69, 9.17) is 11.6 Å². The monoisotopic (exact) mass is 330 g/mol. The highest BCUT2D eigenvalue weighted by molar-refractivity contribution is 6.30. The highest BCUT2D eigenvalue weighted by Crippen LogP contribution is 2.19. The molecule has 1 heterocycles. The average Bonchev–Trinajstić information content (AvgIpc) is 3.33. The number of carbonyl (C=O) groups excluding carboxylic acids is 1. The van der Waals surface area contributed by atoms with E-state index in [1.165, 1.54) is 5.56 Å². The fourth-order valence-electron chi connectivity index (χ4n) is 2.22. The summed E-state index contributed by atoms with van der Waals surface area (Å²) in [6, 6.07) is 9.77. The molecule has 0 saturated heterocycles. The van der Waals surface area contributed by atoms with E-state index >= 15 is 0 Å². The summed E-state index contributed by atoms with van der Waals surface area (Å²) in [6.07, 6.45) is 2.95. The van der Waals surface area contributed by atoms with Crippen LogP contribution in [0.3, 0.4) is 0 Å². The molecule has 5 nitrogen and oxygen atoms in total. The molecule has 1 aliphatic rings. The molecule has 6 heteroatoms. The molecule has 1 fully saturated rings. The number of aromatic nitrogens is 2. The fraction of sp³-hybridized carbons (Fsp3) is 0.353. The maximum atomic E-state index is 12.1. The molecule has 2 N–H and O–H groups in total. The Labute approximate surface area is 140 Å². The Morgan fingerprint density at radius 1 is 1.26 bits per heavy atom. The summed E-state index contributed by atoms with van der Waals surface area (Å²) in [5.41, 5.74) is 2.37. The topological polar surface area (TPSA) is 66.9 Å². The number of aryl methyl sites for hydroxylation is 1. The second kappa shape index (κ2) is 6.96. The number of halogens is 1. The number of benzene rings is 1. The highest BCUT2D eigenvalue weighted by atomic mass is 35.5. The van der Waals surface area contributed by atoms with Gasteiger partial charge in [-0.05, 0) is 49.9 Å². The van der Waals surface area contributed by atoms with E-state index in [9.17, 15) is 4.79 Å². The molecule has 23 heavy (non-hydrogen) atoms. The second-order valence-corrected chi connectivity index (χ2v) is 6.21. The van der Waals surface area contributed by atoms with E-state index in [2.05, 4.69) is 20.6 Å². The van der Waals surface area contributed by atoms with Gasteiger partial charge in [0.1, 0.15) is 5.69 Å². The fourth-order valence-corrected chi connectivity index (χ4v) is 2.35. The first-order valence-corrected chi connectivity index (χ1v) is 8.13. The van der Waals surface area contributed by atoms with Crippen molar-refractivity contribution in [3.63, 3.8) is 0 Å². The van der Waals surface area contributed by atoms with Gasteiger partial charge in [0.25, 0.3) is 5.91 Å². The number of nitrogens with zero attached hydrogens (tertiary/aromatic N) is 2. The molecule has 1 saturated carbocycles. The van der Waals surface area contributed by atoms with Crippen molar-refractivity contribution in [1.29, 1.82) is 0 Å². The van der Waals surface area contributed by atoms with Gasteiger partial charge in [0.05, 0.1) is 0 Å². The van der Waals surface area contributed by atoms with E-state index in [-0.39, 0.29) is 5.91 Å². The van der Waals surface area contributed by atoms with Gasteiger partial charge < -0.3 is 10.6 Å². The number of carbonyl (C=O) groups is 1. The maximum absolute atomic E-state index is 12.1. The van der Waals surface area contributed by atoms with Crippen LogP contribution >= 0.6 is 11.6 Å². The third-order valence-electron chi connectivity index (χ3n) is 3.61. The molecule has 1 aromatic carbocycles. The Kier molecular flexibility index (Phi) is 4.76. The smallest absolute Gasteiger partial charge is 0.270 e. The van der Waals surface area contributed by atoms with Crippen LogP contribution < -0.4 is 10.6 Å². The van der Waals surface area contributed by atoms with Crippen LogP contribution in [0.25, 0.3) is 0 Å². The zero-order chi connectivity index (χ0) is 16.2. The molecule has 0 aliphatic heterocycles. The average molecular weight is 331 g/mol. The Bertz CT molecular complexity index is 698. The zero-order valence-electron chi connectivity index (χ0n) is 13.0. The van der Waals surface area contributed by atoms with E-state index in [0.717, 1.165) is 30.0 Å². The highest BCUT2D eigenvalue weighted by Gasteiger charge is 2.24.